The summed E-state index contributed by atoms with van der Waals surface area (Å²) in [5, 5.41) is 0. The maximum Gasteiger partial charge on any atom is 0.102 e. The van der Waals surface area contributed by atoms with Crippen molar-refractivity contribution in [1.82, 2.24) is 4.90 Å². The van der Waals surface area contributed by atoms with Gasteiger partial charge in [0.1, 0.15) is 5.44 Å². The van der Waals surface area contributed by atoms with Gasteiger partial charge in [-0.3, -0.25) is 0 Å². The van der Waals surface area contributed by atoms with Gasteiger partial charge >= 0.3 is 0 Å². The molecule has 1 aliphatic heterocycles. The van der Waals surface area contributed by atoms with E-state index in [0.29, 0.717) is 12.1 Å². The van der Waals surface area contributed by atoms with Crippen LogP contribution in [0.25, 0.3) is 0 Å². The predicted octanol–water partition coefficient (Wildman–Crippen LogP) is 1.37. The van der Waals surface area contributed by atoms with Gasteiger partial charge in [-0.25, -0.2) is 0 Å². The molecule has 0 bridgehead atoms. The molecule has 1 aliphatic rings. The number of hydrogen-bond donors (Lipinski definition) is 1. The SMILES string of the molecule is CC1CC(N(C)C)CC(S)O1. The normalized spacial score (nSPS) is 39.5. The van der Waals surface area contributed by atoms with Crippen LogP contribution in [-0.4, -0.2) is 36.6 Å². The van der Waals surface area contributed by atoms with Crippen molar-refractivity contribution >= 4 is 12.6 Å². The Bertz CT molecular complexity index is 119. The molecule has 1 saturated heterocycles. The molecule has 0 N–H and O–H groups in total. The first-order chi connectivity index (χ1) is 5.09. The molecule has 3 unspecified atom stereocenters. The minimum atomic E-state index is 0.131. The van der Waals surface area contributed by atoms with Gasteiger partial charge in [0.15, 0.2) is 0 Å². The zero-order chi connectivity index (χ0) is 8.43. The third-order valence-corrected chi connectivity index (χ3v) is 2.53. The molecule has 0 aliphatic carbocycles. The van der Waals surface area contributed by atoms with Crippen molar-refractivity contribution in [2.45, 2.75) is 37.3 Å². The van der Waals surface area contributed by atoms with Crippen molar-refractivity contribution in [3.63, 3.8) is 0 Å². The van der Waals surface area contributed by atoms with Gasteiger partial charge in [0.25, 0.3) is 0 Å². The summed E-state index contributed by atoms with van der Waals surface area (Å²) in [7, 11) is 4.23. The predicted molar refractivity (Wildman–Crippen MR) is 50.0 cm³/mol. The Hall–Kier alpha value is 0.270. The summed E-state index contributed by atoms with van der Waals surface area (Å²) in [5.41, 5.74) is 0.131. The maximum absolute atomic E-state index is 5.50. The lowest BCUT2D eigenvalue weighted by Gasteiger charge is -2.35. The Kier molecular flexibility index (Phi) is 3.22. The average Bonchev–Trinajstić information content (AvgIpc) is 1.85. The summed E-state index contributed by atoms with van der Waals surface area (Å²) in [4.78, 5) is 2.25. The summed E-state index contributed by atoms with van der Waals surface area (Å²) < 4.78 is 5.50. The van der Waals surface area contributed by atoms with Gasteiger partial charge in [0.2, 0.25) is 0 Å². The van der Waals surface area contributed by atoms with Gasteiger partial charge in [0, 0.05) is 6.04 Å². The number of hydrogen-bond acceptors (Lipinski definition) is 3. The summed E-state index contributed by atoms with van der Waals surface area (Å²) in [6.45, 7) is 2.11. The minimum Gasteiger partial charge on any atom is -0.365 e. The van der Waals surface area contributed by atoms with E-state index in [1.807, 2.05) is 0 Å². The lowest BCUT2D eigenvalue weighted by Crippen LogP contribution is -2.39. The third kappa shape index (κ3) is 2.65. The minimum absolute atomic E-state index is 0.131. The van der Waals surface area contributed by atoms with Crippen molar-refractivity contribution in [2.24, 2.45) is 0 Å². The van der Waals surface area contributed by atoms with Gasteiger partial charge in [-0.05, 0) is 33.9 Å². The van der Waals surface area contributed by atoms with Crippen LogP contribution in [0.4, 0.5) is 0 Å². The molecule has 1 fully saturated rings. The van der Waals surface area contributed by atoms with Crippen LogP contribution in [0.5, 0.6) is 0 Å². The molecule has 1 heterocycles. The highest BCUT2D eigenvalue weighted by atomic mass is 32.1. The van der Waals surface area contributed by atoms with Crippen molar-refractivity contribution < 1.29 is 4.74 Å². The lowest BCUT2D eigenvalue weighted by molar-refractivity contribution is -0.0239. The molecule has 2 nitrogen and oxygen atoms in total. The van der Waals surface area contributed by atoms with Gasteiger partial charge in [0.05, 0.1) is 6.10 Å². The summed E-state index contributed by atoms with van der Waals surface area (Å²) in [5.74, 6) is 0. The van der Waals surface area contributed by atoms with Crippen molar-refractivity contribution in [3.05, 3.63) is 0 Å². The molecule has 11 heavy (non-hydrogen) atoms. The Morgan fingerprint density at radius 2 is 2.00 bits per heavy atom. The summed E-state index contributed by atoms with van der Waals surface area (Å²) >= 11 is 4.33. The molecule has 0 spiro atoms. The van der Waals surface area contributed by atoms with E-state index in [0.717, 1.165) is 12.8 Å². The van der Waals surface area contributed by atoms with Crippen LogP contribution in [-0.2, 0) is 4.74 Å². The highest BCUT2D eigenvalue weighted by Gasteiger charge is 2.25. The fraction of sp³-hybridized carbons (Fsp3) is 1.00. The lowest BCUT2D eigenvalue weighted by atomic mass is 10.0. The molecule has 1 rings (SSSR count). The molecular weight excluding hydrogens is 158 g/mol. The molecule has 3 atom stereocenters. The average molecular weight is 175 g/mol. The van der Waals surface area contributed by atoms with E-state index in [1.165, 1.54) is 0 Å². The van der Waals surface area contributed by atoms with Gasteiger partial charge < -0.3 is 9.64 Å². The quantitative estimate of drug-likeness (QED) is 0.604. The topological polar surface area (TPSA) is 12.5 Å². The number of rotatable bonds is 1. The monoisotopic (exact) mass is 175 g/mol. The first-order valence-corrected chi connectivity index (χ1v) is 4.61. The van der Waals surface area contributed by atoms with E-state index in [4.69, 9.17) is 4.74 Å². The van der Waals surface area contributed by atoms with E-state index >= 15 is 0 Å². The van der Waals surface area contributed by atoms with Gasteiger partial charge in [-0.1, -0.05) is 0 Å². The summed E-state index contributed by atoms with van der Waals surface area (Å²) in [6, 6.07) is 0.640. The van der Waals surface area contributed by atoms with Crippen LogP contribution in [0.1, 0.15) is 19.8 Å². The smallest absolute Gasteiger partial charge is 0.102 e. The van der Waals surface area contributed by atoms with Crippen molar-refractivity contribution in [1.29, 1.82) is 0 Å². The Morgan fingerprint density at radius 3 is 2.45 bits per heavy atom. The van der Waals surface area contributed by atoms with E-state index in [2.05, 4.69) is 38.5 Å². The molecule has 3 heteroatoms. The zero-order valence-electron chi connectivity index (χ0n) is 7.45. The van der Waals surface area contributed by atoms with Crippen LogP contribution >= 0.6 is 12.6 Å². The fourth-order valence-corrected chi connectivity index (χ4v) is 1.96. The second-order valence-corrected chi connectivity index (χ2v) is 4.07. The highest BCUT2D eigenvalue weighted by Crippen LogP contribution is 2.23. The maximum atomic E-state index is 5.50. The zero-order valence-corrected chi connectivity index (χ0v) is 8.34. The standard InChI is InChI=1S/C8H17NOS/c1-6-4-7(9(2)3)5-8(11)10-6/h6-8,11H,4-5H2,1-3H3. The fourth-order valence-electron chi connectivity index (χ4n) is 1.51. The molecule has 66 valence electrons. The Labute approximate surface area is 74.3 Å². The Balaban J connectivity index is 2.43. The first kappa shape index (κ1) is 9.36. The van der Waals surface area contributed by atoms with Crippen LogP contribution in [0.3, 0.4) is 0 Å². The van der Waals surface area contributed by atoms with E-state index in [-0.39, 0.29) is 5.44 Å². The van der Waals surface area contributed by atoms with Crippen molar-refractivity contribution in [2.75, 3.05) is 14.1 Å². The highest BCUT2D eigenvalue weighted by molar-refractivity contribution is 7.80. The number of nitrogens with zero attached hydrogens (tertiary/aromatic N) is 1. The molecule has 0 saturated carbocycles. The Morgan fingerprint density at radius 1 is 1.36 bits per heavy atom. The molecule has 0 aromatic carbocycles. The van der Waals surface area contributed by atoms with Crippen LogP contribution in [0.2, 0.25) is 0 Å². The molecular formula is C8H17NOS. The number of ether oxygens (including phenoxy) is 1. The third-order valence-electron chi connectivity index (χ3n) is 2.20. The molecule has 0 amide bonds. The molecule has 0 radical (unpaired) electrons. The van der Waals surface area contributed by atoms with E-state index in [9.17, 15) is 0 Å². The van der Waals surface area contributed by atoms with Crippen LogP contribution < -0.4 is 0 Å². The van der Waals surface area contributed by atoms with Crippen LogP contribution in [0, 0.1) is 0 Å². The van der Waals surface area contributed by atoms with Gasteiger partial charge in [-0.15, -0.1) is 12.6 Å². The summed E-state index contributed by atoms with van der Waals surface area (Å²) in [6.07, 6.45) is 2.53. The van der Waals surface area contributed by atoms with Crippen LogP contribution in [0.15, 0.2) is 0 Å². The first-order valence-electron chi connectivity index (χ1n) is 4.09. The molecule has 0 aromatic rings. The second kappa shape index (κ2) is 3.78. The van der Waals surface area contributed by atoms with E-state index < -0.39 is 0 Å². The second-order valence-electron chi connectivity index (χ2n) is 3.49. The largest absolute Gasteiger partial charge is 0.365 e. The number of thiol groups is 1. The van der Waals surface area contributed by atoms with Crippen molar-refractivity contribution in [3.8, 4) is 0 Å². The van der Waals surface area contributed by atoms with Gasteiger partial charge in [-0.2, -0.15) is 0 Å². The molecule has 0 aromatic heterocycles. The van der Waals surface area contributed by atoms with E-state index in [1.54, 1.807) is 0 Å².